The fraction of sp³-hybridized carbons (Fsp3) is 0.350. The van der Waals surface area contributed by atoms with Crippen molar-refractivity contribution in [2.24, 2.45) is 5.73 Å². The van der Waals surface area contributed by atoms with Crippen LogP contribution in [0.5, 0.6) is 11.5 Å². The molecule has 1 aliphatic rings. The van der Waals surface area contributed by atoms with E-state index in [1.54, 1.807) is 0 Å². The zero-order valence-electron chi connectivity index (χ0n) is 14.5. The number of nitrogens with two attached hydrogens (primary N) is 1. The SMILES string of the molecule is CCOc1ccc(OCCN2Cc3ccccc3C[C@@H]2C(N)=O)cc1. The van der Waals surface area contributed by atoms with Crippen LogP contribution < -0.4 is 15.2 Å². The van der Waals surface area contributed by atoms with Gasteiger partial charge in [-0.25, -0.2) is 0 Å². The highest BCUT2D eigenvalue weighted by Gasteiger charge is 2.29. The lowest BCUT2D eigenvalue weighted by Gasteiger charge is -2.34. The van der Waals surface area contributed by atoms with Gasteiger partial charge in [-0.1, -0.05) is 24.3 Å². The lowest BCUT2D eigenvalue weighted by atomic mass is 9.93. The Balaban J connectivity index is 1.58. The molecule has 0 saturated carbocycles. The van der Waals surface area contributed by atoms with Gasteiger partial charge < -0.3 is 15.2 Å². The molecule has 0 unspecified atom stereocenters. The molecule has 1 heterocycles. The van der Waals surface area contributed by atoms with E-state index in [1.807, 2.05) is 43.3 Å². The summed E-state index contributed by atoms with van der Waals surface area (Å²) in [5, 5.41) is 0. The number of carbonyl (C=O) groups excluding carboxylic acids is 1. The molecule has 0 aromatic heterocycles. The third-order valence-electron chi connectivity index (χ3n) is 4.46. The fourth-order valence-electron chi connectivity index (χ4n) is 3.17. The standard InChI is InChI=1S/C20H24N2O3/c1-2-24-17-7-9-18(10-8-17)25-12-11-22-14-16-6-4-3-5-15(16)13-19(22)20(21)23/h3-10,19H,2,11-14H2,1H3,(H2,21,23)/t19-/m1/s1. The molecule has 0 fully saturated rings. The van der Waals surface area contributed by atoms with E-state index in [-0.39, 0.29) is 11.9 Å². The van der Waals surface area contributed by atoms with Gasteiger partial charge in [-0.15, -0.1) is 0 Å². The smallest absolute Gasteiger partial charge is 0.235 e. The van der Waals surface area contributed by atoms with E-state index in [4.69, 9.17) is 15.2 Å². The second-order valence-electron chi connectivity index (χ2n) is 6.11. The molecule has 0 spiro atoms. The number of amides is 1. The molecule has 1 atom stereocenters. The molecule has 1 amide bonds. The average molecular weight is 340 g/mol. The van der Waals surface area contributed by atoms with Crippen LogP contribution in [0.1, 0.15) is 18.1 Å². The molecule has 2 N–H and O–H groups in total. The van der Waals surface area contributed by atoms with Crippen LogP contribution in [0.2, 0.25) is 0 Å². The van der Waals surface area contributed by atoms with Crippen molar-refractivity contribution in [1.29, 1.82) is 0 Å². The summed E-state index contributed by atoms with van der Waals surface area (Å²) in [7, 11) is 0. The molecule has 3 rings (SSSR count). The Morgan fingerprint density at radius 2 is 1.72 bits per heavy atom. The highest BCUT2D eigenvalue weighted by Crippen LogP contribution is 2.23. The lowest BCUT2D eigenvalue weighted by molar-refractivity contribution is -0.123. The molecule has 5 heteroatoms. The molecule has 2 aromatic rings. The minimum Gasteiger partial charge on any atom is -0.494 e. The predicted octanol–water partition coefficient (Wildman–Crippen LogP) is 2.38. The molecule has 1 aliphatic heterocycles. The van der Waals surface area contributed by atoms with Gasteiger partial charge in [0.25, 0.3) is 0 Å². The van der Waals surface area contributed by atoms with Crippen molar-refractivity contribution in [1.82, 2.24) is 4.90 Å². The number of nitrogens with zero attached hydrogens (tertiary/aromatic N) is 1. The Morgan fingerprint density at radius 3 is 2.36 bits per heavy atom. The summed E-state index contributed by atoms with van der Waals surface area (Å²) < 4.78 is 11.2. The van der Waals surface area contributed by atoms with Gasteiger partial charge in [-0.2, -0.15) is 0 Å². The van der Waals surface area contributed by atoms with Crippen molar-refractivity contribution in [3.63, 3.8) is 0 Å². The fourth-order valence-corrected chi connectivity index (χ4v) is 3.17. The van der Waals surface area contributed by atoms with Crippen molar-refractivity contribution in [2.75, 3.05) is 19.8 Å². The van der Waals surface area contributed by atoms with Gasteiger partial charge in [-0.3, -0.25) is 9.69 Å². The van der Waals surface area contributed by atoms with Crippen molar-refractivity contribution in [3.8, 4) is 11.5 Å². The minimum atomic E-state index is -0.282. The summed E-state index contributed by atoms with van der Waals surface area (Å²) in [5.41, 5.74) is 8.06. The van der Waals surface area contributed by atoms with Crippen LogP contribution in [0, 0.1) is 0 Å². The number of carbonyl (C=O) groups is 1. The van der Waals surface area contributed by atoms with Crippen molar-refractivity contribution in [3.05, 3.63) is 59.7 Å². The topological polar surface area (TPSA) is 64.8 Å². The van der Waals surface area contributed by atoms with Crippen molar-refractivity contribution < 1.29 is 14.3 Å². The van der Waals surface area contributed by atoms with Crippen molar-refractivity contribution in [2.45, 2.75) is 25.9 Å². The molecule has 0 bridgehead atoms. The summed E-state index contributed by atoms with van der Waals surface area (Å²) in [6.07, 6.45) is 0.661. The maximum absolute atomic E-state index is 11.8. The number of hydrogen-bond acceptors (Lipinski definition) is 4. The molecular formula is C20H24N2O3. The van der Waals surface area contributed by atoms with Gasteiger partial charge in [0.15, 0.2) is 0 Å². The van der Waals surface area contributed by atoms with Crippen LogP contribution in [0.4, 0.5) is 0 Å². The highest BCUT2D eigenvalue weighted by molar-refractivity contribution is 5.80. The predicted molar refractivity (Wildman–Crippen MR) is 96.6 cm³/mol. The molecular weight excluding hydrogens is 316 g/mol. The monoisotopic (exact) mass is 340 g/mol. The Bertz CT molecular complexity index is 715. The van der Waals surface area contributed by atoms with Crippen LogP contribution in [0.3, 0.4) is 0 Å². The van der Waals surface area contributed by atoms with E-state index in [0.29, 0.717) is 26.2 Å². The van der Waals surface area contributed by atoms with Crippen LogP contribution in [0.15, 0.2) is 48.5 Å². The molecule has 2 aromatic carbocycles. The maximum atomic E-state index is 11.8. The number of primary amides is 1. The third-order valence-corrected chi connectivity index (χ3v) is 4.46. The van der Waals surface area contributed by atoms with Crippen LogP contribution in [0.25, 0.3) is 0 Å². The normalized spacial score (nSPS) is 16.9. The van der Waals surface area contributed by atoms with E-state index < -0.39 is 0 Å². The Morgan fingerprint density at radius 1 is 1.08 bits per heavy atom. The molecule has 0 aliphatic carbocycles. The van der Waals surface area contributed by atoms with E-state index in [2.05, 4.69) is 17.0 Å². The van der Waals surface area contributed by atoms with Gasteiger partial charge >= 0.3 is 0 Å². The first-order valence-corrected chi connectivity index (χ1v) is 8.63. The Kier molecular flexibility index (Phi) is 5.56. The molecule has 0 radical (unpaired) electrons. The number of benzene rings is 2. The molecule has 25 heavy (non-hydrogen) atoms. The summed E-state index contributed by atoms with van der Waals surface area (Å²) in [5.74, 6) is 1.34. The highest BCUT2D eigenvalue weighted by atomic mass is 16.5. The van der Waals surface area contributed by atoms with Gasteiger partial charge in [0, 0.05) is 13.1 Å². The number of fused-ring (bicyclic) bond motifs is 1. The average Bonchev–Trinajstić information content (AvgIpc) is 2.62. The first-order chi connectivity index (χ1) is 12.2. The second kappa shape index (κ2) is 8.03. The van der Waals surface area contributed by atoms with Crippen LogP contribution in [-0.2, 0) is 17.8 Å². The maximum Gasteiger partial charge on any atom is 0.235 e. The largest absolute Gasteiger partial charge is 0.494 e. The van der Waals surface area contributed by atoms with Gasteiger partial charge in [-0.05, 0) is 48.7 Å². The molecule has 0 saturated heterocycles. The van der Waals surface area contributed by atoms with E-state index in [0.717, 1.165) is 18.0 Å². The van der Waals surface area contributed by atoms with E-state index in [9.17, 15) is 4.79 Å². The number of rotatable bonds is 7. The van der Waals surface area contributed by atoms with Gasteiger partial charge in [0.2, 0.25) is 5.91 Å². The lowest BCUT2D eigenvalue weighted by Crippen LogP contribution is -2.49. The minimum absolute atomic E-state index is 0.279. The zero-order chi connectivity index (χ0) is 17.6. The Hall–Kier alpha value is -2.53. The van der Waals surface area contributed by atoms with Crippen LogP contribution in [-0.4, -0.2) is 36.6 Å². The second-order valence-corrected chi connectivity index (χ2v) is 6.11. The summed E-state index contributed by atoms with van der Waals surface area (Å²) in [6, 6.07) is 15.5. The molecule has 132 valence electrons. The third kappa shape index (κ3) is 4.31. The summed E-state index contributed by atoms with van der Waals surface area (Å²) in [6.45, 7) is 4.47. The van der Waals surface area contributed by atoms with Gasteiger partial charge in [0.05, 0.1) is 12.6 Å². The number of hydrogen-bond donors (Lipinski definition) is 1. The zero-order valence-corrected chi connectivity index (χ0v) is 14.5. The van der Waals surface area contributed by atoms with E-state index in [1.165, 1.54) is 11.1 Å². The molecule has 5 nitrogen and oxygen atoms in total. The van der Waals surface area contributed by atoms with Gasteiger partial charge in [0.1, 0.15) is 18.1 Å². The summed E-state index contributed by atoms with van der Waals surface area (Å²) >= 11 is 0. The Labute approximate surface area is 148 Å². The first kappa shape index (κ1) is 17.3. The van der Waals surface area contributed by atoms with Crippen molar-refractivity contribution >= 4 is 5.91 Å². The summed E-state index contributed by atoms with van der Waals surface area (Å²) in [4.78, 5) is 13.9. The quantitative estimate of drug-likeness (QED) is 0.840. The van der Waals surface area contributed by atoms with Crippen LogP contribution >= 0.6 is 0 Å². The first-order valence-electron chi connectivity index (χ1n) is 8.63. The van der Waals surface area contributed by atoms with E-state index >= 15 is 0 Å². The number of ether oxygens (including phenoxy) is 2.